The molecule has 0 atom stereocenters. The van der Waals surface area contributed by atoms with E-state index in [-0.39, 0.29) is 12.5 Å². The number of hydrogen-bond acceptors (Lipinski definition) is 4. The van der Waals surface area contributed by atoms with E-state index >= 15 is 0 Å². The van der Waals surface area contributed by atoms with Gasteiger partial charge in [0.25, 0.3) is 5.91 Å². The molecule has 1 aromatic heterocycles. The van der Waals surface area contributed by atoms with Crippen LogP contribution in [0.25, 0.3) is 6.08 Å². The highest BCUT2D eigenvalue weighted by Gasteiger charge is 2.03. The molecule has 1 aromatic carbocycles. The average Bonchev–Trinajstić information content (AvgIpc) is 3.05. The maximum absolute atomic E-state index is 11.7. The number of rotatable bonds is 6. The molecule has 0 aliphatic heterocycles. The summed E-state index contributed by atoms with van der Waals surface area (Å²) >= 11 is 0. The molecule has 1 amide bonds. The first-order chi connectivity index (χ1) is 11.0. The molecule has 0 saturated heterocycles. The van der Waals surface area contributed by atoms with Gasteiger partial charge in [-0.1, -0.05) is 6.07 Å². The monoisotopic (exact) mass is 312 g/mol. The van der Waals surface area contributed by atoms with E-state index in [0.717, 1.165) is 11.3 Å². The molecule has 1 heterocycles. The summed E-state index contributed by atoms with van der Waals surface area (Å²) in [6.07, 6.45) is 5.12. The Morgan fingerprint density at radius 3 is 2.83 bits per heavy atom. The minimum Gasteiger partial charge on any atom is -0.484 e. The number of furan rings is 1. The summed E-state index contributed by atoms with van der Waals surface area (Å²) in [5.41, 5.74) is 5.41. The zero-order valence-corrected chi connectivity index (χ0v) is 13.5. The van der Waals surface area contributed by atoms with Gasteiger partial charge in [0.1, 0.15) is 11.5 Å². The van der Waals surface area contributed by atoms with Gasteiger partial charge in [0.2, 0.25) is 0 Å². The van der Waals surface area contributed by atoms with Crippen molar-refractivity contribution < 1.29 is 13.9 Å². The first-order valence-corrected chi connectivity index (χ1v) is 7.29. The molecule has 2 aromatic rings. The molecule has 0 radical (unpaired) electrons. The third-order valence-corrected chi connectivity index (χ3v) is 3.24. The van der Waals surface area contributed by atoms with Crippen LogP contribution in [0.3, 0.4) is 0 Å². The molecule has 2 rings (SSSR count). The molecule has 5 nitrogen and oxygen atoms in total. The number of carbonyl (C=O) groups excluding carboxylic acids is 1. The first-order valence-electron chi connectivity index (χ1n) is 7.29. The largest absolute Gasteiger partial charge is 0.484 e. The molecular formula is C18H20N2O3. The van der Waals surface area contributed by atoms with Crippen LogP contribution in [0.5, 0.6) is 5.75 Å². The lowest BCUT2D eigenvalue weighted by molar-refractivity contribution is -0.123. The number of nitrogens with zero attached hydrogens (tertiary/aromatic N) is 1. The summed E-state index contributed by atoms with van der Waals surface area (Å²) in [4.78, 5) is 11.7. The van der Waals surface area contributed by atoms with Crippen LogP contribution in [0, 0.1) is 13.8 Å². The minimum absolute atomic E-state index is 0.0822. The van der Waals surface area contributed by atoms with Crippen LogP contribution in [0.4, 0.5) is 0 Å². The van der Waals surface area contributed by atoms with E-state index in [2.05, 4.69) is 10.5 Å². The number of nitrogens with one attached hydrogen (secondary N) is 1. The average molecular weight is 312 g/mol. The summed E-state index contributed by atoms with van der Waals surface area (Å²) in [6, 6.07) is 9.35. The maximum Gasteiger partial charge on any atom is 0.277 e. The van der Waals surface area contributed by atoms with Crippen LogP contribution in [0.15, 0.2) is 52.2 Å². The summed E-state index contributed by atoms with van der Waals surface area (Å²) in [7, 11) is 0. The topological polar surface area (TPSA) is 63.8 Å². The van der Waals surface area contributed by atoms with E-state index < -0.39 is 0 Å². The lowest BCUT2D eigenvalue weighted by Gasteiger charge is -2.07. The van der Waals surface area contributed by atoms with E-state index in [0.29, 0.717) is 11.5 Å². The molecule has 0 unspecified atom stereocenters. The van der Waals surface area contributed by atoms with Crippen LogP contribution >= 0.6 is 0 Å². The molecule has 1 N–H and O–H groups in total. The van der Waals surface area contributed by atoms with E-state index in [9.17, 15) is 4.79 Å². The van der Waals surface area contributed by atoms with Crippen molar-refractivity contribution in [3.8, 4) is 5.75 Å². The number of allylic oxidation sites excluding steroid dienone is 1. The van der Waals surface area contributed by atoms with Gasteiger partial charge in [-0.05, 0) is 68.3 Å². The van der Waals surface area contributed by atoms with E-state index in [4.69, 9.17) is 9.15 Å². The van der Waals surface area contributed by atoms with Crippen molar-refractivity contribution >= 4 is 17.7 Å². The first kappa shape index (κ1) is 16.5. The van der Waals surface area contributed by atoms with Crippen LogP contribution in [-0.4, -0.2) is 18.2 Å². The highest BCUT2D eigenvalue weighted by atomic mass is 16.5. The van der Waals surface area contributed by atoms with Crippen molar-refractivity contribution in [1.82, 2.24) is 5.43 Å². The number of benzene rings is 1. The highest BCUT2D eigenvalue weighted by molar-refractivity contribution is 5.96. The fourth-order valence-electron chi connectivity index (χ4n) is 1.76. The Balaban J connectivity index is 1.80. The zero-order valence-electron chi connectivity index (χ0n) is 13.5. The maximum atomic E-state index is 11.7. The van der Waals surface area contributed by atoms with Crippen molar-refractivity contribution in [3.05, 3.63) is 59.6 Å². The fraction of sp³-hybridized carbons (Fsp3) is 0.222. The van der Waals surface area contributed by atoms with Crippen molar-refractivity contribution in [1.29, 1.82) is 0 Å². The molecule has 23 heavy (non-hydrogen) atoms. The third kappa shape index (κ3) is 5.47. The summed E-state index contributed by atoms with van der Waals surface area (Å²) < 4.78 is 10.6. The van der Waals surface area contributed by atoms with Gasteiger partial charge in [0.15, 0.2) is 6.61 Å². The van der Waals surface area contributed by atoms with Crippen molar-refractivity contribution in [2.24, 2.45) is 5.10 Å². The number of aryl methyl sites for hydroxylation is 2. The van der Waals surface area contributed by atoms with Crippen molar-refractivity contribution in [2.75, 3.05) is 6.61 Å². The van der Waals surface area contributed by atoms with Gasteiger partial charge in [0.05, 0.1) is 12.0 Å². The Kier molecular flexibility index (Phi) is 5.74. The summed E-state index contributed by atoms with van der Waals surface area (Å²) in [6.45, 7) is 5.73. The lowest BCUT2D eigenvalue weighted by atomic mass is 10.1. The summed E-state index contributed by atoms with van der Waals surface area (Å²) in [5.74, 6) is 1.08. The van der Waals surface area contributed by atoms with E-state index in [1.54, 1.807) is 31.4 Å². The molecule has 5 heteroatoms. The Labute approximate surface area is 135 Å². The number of ether oxygens (including phenoxy) is 1. The molecular weight excluding hydrogens is 292 g/mol. The summed E-state index contributed by atoms with van der Waals surface area (Å²) in [5, 5.41) is 3.98. The number of amides is 1. The Morgan fingerprint density at radius 2 is 2.13 bits per heavy atom. The number of hydrazone groups is 1. The minimum atomic E-state index is -0.311. The Morgan fingerprint density at radius 1 is 1.30 bits per heavy atom. The predicted molar refractivity (Wildman–Crippen MR) is 90.4 cm³/mol. The second kappa shape index (κ2) is 7.98. The van der Waals surface area contributed by atoms with Gasteiger partial charge in [-0.15, -0.1) is 0 Å². The SMILES string of the molecule is CC(/C=C/c1ccco1)=N/NC(=O)COc1ccc(C)c(C)c1. The van der Waals surface area contributed by atoms with Gasteiger partial charge < -0.3 is 9.15 Å². The standard InChI is InChI=1S/C18H20N2O3/c1-13-6-8-17(11-14(13)2)23-12-18(21)20-19-15(3)7-9-16-5-4-10-22-16/h4-11H,12H2,1-3H3,(H,20,21)/b9-7+,19-15-. The normalized spacial score (nSPS) is 11.7. The fourth-order valence-corrected chi connectivity index (χ4v) is 1.76. The molecule has 120 valence electrons. The second-order valence-electron chi connectivity index (χ2n) is 5.17. The molecule has 0 aliphatic carbocycles. The third-order valence-electron chi connectivity index (χ3n) is 3.24. The van der Waals surface area contributed by atoms with Gasteiger partial charge in [-0.25, -0.2) is 5.43 Å². The molecule has 0 fully saturated rings. The van der Waals surface area contributed by atoms with Gasteiger partial charge in [0, 0.05) is 0 Å². The van der Waals surface area contributed by atoms with Crippen LogP contribution in [0.2, 0.25) is 0 Å². The van der Waals surface area contributed by atoms with E-state index in [1.165, 1.54) is 5.56 Å². The molecule has 0 bridgehead atoms. The van der Waals surface area contributed by atoms with Gasteiger partial charge in [-0.2, -0.15) is 5.10 Å². The lowest BCUT2D eigenvalue weighted by Crippen LogP contribution is -2.25. The Hall–Kier alpha value is -2.82. The van der Waals surface area contributed by atoms with Crippen LogP contribution < -0.4 is 10.2 Å². The van der Waals surface area contributed by atoms with Gasteiger partial charge >= 0.3 is 0 Å². The van der Waals surface area contributed by atoms with Crippen molar-refractivity contribution in [3.63, 3.8) is 0 Å². The predicted octanol–water partition coefficient (Wildman–Crippen LogP) is 3.48. The van der Waals surface area contributed by atoms with Crippen LogP contribution in [0.1, 0.15) is 23.8 Å². The highest BCUT2D eigenvalue weighted by Crippen LogP contribution is 2.16. The number of hydrogen-bond donors (Lipinski definition) is 1. The molecule has 0 spiro atoms. The molecule has 0 saturated carbocycles. The smallest absolute Gasteiger partial charge is 0.277 e. The van der Waals surface area contributed by atoms with Gasteiger partial charge in [-0.3, -0.25) is 4.79 Å². The zero-order chi connectivity index (χ0) is 16.7. The van der Waals surface area contributed by atoms with Crippen molar-refractivity contribution in [2.45, 2.75) is 20.8 Å². The molecule has 0 aliphatic rings. The quantitative estimate of drug-likeness (QED) is 0.656. The van der Waals surface area contributed by atoms with Crippen LogP contribution in [-0.2, 0) is 4.79 Å². The van der Waals surface area contributed by atoms with E-state index in [1.807, 2.05) is 38.1 Å². The Bertz CT molecular complexity index is 716. The number of carbonyl (C=O) groups is 1. The second-order valence-corrected chi connectivity index (χ2v) is 5.17.